The van der Waals surface area contributed by atoms with E-state index in [0.29, 0.717) is 0 Å². The number of rotatable bonds is 1. The molecule has 0 aliphatic heterocycles. The number of nitrogens with zero attached hydrogens (tertiary/aromatic N) is 5. The molecule has 0 bridgehead atoms. The van der Waals surface area contributed by atoms with Gasteiger partial charge in [0.05, 0.1) is 0 Å². The van der Waals surface area contributed by atoms with Gasteiger partial charge in [-0.25, -0.2) is 14.6 Å². The summed E-state index contributed by atoms with van der Waals surface area (Å²) in [7, 11) is 0. The number of halogens is 3. The zero-order valence-corrected chi connectivity index (χ0v) is 8.18. The molecule has 0 N–H and O–H groups in total. The van der Waals surface area contributed by atoms with E-state index in [9.17, 15) is 13.2 Å². The monoisotopic (exact) mass is 239 g/mol. The molecule has 2 aromatic heterocycles. The van der Waals surface area contributed by atoms with Crippen LogP contribution in [0, 0.1) is 11.3 Å². The third kappa shape index (κ3) is 2.23. The standard InChI is InChI=1S/C9H4F3N5/c10-9(11,12)6-2-1-3-8(15-6)17-5-14-7(4-13)16-17/h1-3,5H. The van der Waals surface area contributed by atoms with E-state index in [0.717, 1.165) is 17.1 Å². The average molecular weight is 239 g/mol. The lowest BCUT2D eigenvalue weighted by molar-refractivity contribution is -0.141. The first-order chi connectivity index (χ1) is 8.00. The number of hydrogen-bond donors (Lipinski definition) is 0. The molecule has 2 heterocycles. The summed E-state index contributed by atoms with van der Waals surface area (Å²) in [5.41, 5.74) is -1.02. The molecule has 0 radical (unpaired) electrons. The molecule has 0 fully saturated rings. The molecule has 0 aliphatic rings. The molecule has 0 aliphatic carbocycles. The zero-order valence-electron chi connectivity index (χ0n) is 8.18. The Morgan fingerprint density at radius 3 is 2.65 bits per heavy atom. The van der Waals surface area contributed by atoms with Crippen LogP contribution in [0.15, 0.2) is 24.5 Å². The van der Waals surface area contributed by atoms with Gasteiger partial charge in [0.15, 0.2) is 5.82 Å². The van der Waals surface area contributed by atoms with Gasteiger partial charge in [-0.15, -0.1) is 5.10 Å². The largest absolute Gasteiger partial charge is 0.433 e. The fraction of sp³-hybridized carbons (Fsp3) is 0.111. The van der Waals surface area contributed by atoms with Crippen LogP contribution >= 0.6 is 0 Å². The van der Waals surface area contributed by atoms with Crippen LogP contribution in [0.3, 0.4) is 0 Å². The Bertz CT molecular complexity index is 581. The smallest absolute Gasteiger partial charge is 0.224 e. The summed E-state index contributed by atoms with van der Waals surface area (Å²) < 4.78 is 38.2. The molecule has 2 aromatic rings. The van der Waals surface area contributed by atoms with Gasteiger partial charge in [0.1, 0.15) is 18.1 Å². The highest BCUT2D eigenvalue weighted by atomic mass is 19.4. The molecule has 86 valence electrons. The van der Waals surface area contributed by atoms with Crippen LogP contribution in [0.1, 0.15) is 11.5 Å². The summed E-state index contributed by atoms with van der Waals surface area (Å²) in [6, 6.07) is 5.07. The first-order valence-electron chi connectivity index (χ1n) is 4.37. The summed E-state index contributed by atoms with van der Waals surface area (Å²) in [5.74, 6) is -0.182. The topological polar surface area (TPSA) is 67.4 Å². The van der Waals surface area contributed by atoms with Crippen LogP contribution in [0.5, 0.6) is 0 Å². The Kier molecular flexibility index (Phi) is 2.51. The van der Waals surface area contributed by atoms with Crippen molar-refractivity contribution in [2.75, 3.05) is 0 Å². The highest BCUT2D eigenvalue weighted by molar-refractivity contribution is 5.25. The number of pyridine rings is 1. The first-order valence-corrected chi connectivity index (χ1v) is 4.37. The number of aromatic nitrogens is 4. The van der Waals surface area contributed by atoms with Crippen LogP contribution in [0.2, 0.25) is 0 Å². The summed E-state index contributed by atoms with van der Waals surface area (Å²) in [6.07, 6.45) is -3.39. The van der Waals surface area contributed by atoms with E-state index in [1.54, 1.807) is 6.07 Å². The highest BCUT2D eigenvalue weighted by Crippen LogP contribution is 2.27. The molecular formula is C9H4F3N5. The minimum Gasteiger partial charge on any atom is -0.224 e. The van der Waals surface area contributed by atoms with Crippen LogP contribution in [0.25, 0.3) is 5.82 Å². The molecule has 2 rings (SSSR count). The summed E-state index contributed by atoms with van der Waals surface area (Å²) in [5, 5.41) is 12.1. The molecule has 5 nitrogen and oxygen atoms in total. The molecule has 8 heteroatoms. The fourth-order valence-corrected chi connectivity index (χ4v) is 1.13. The van der Waals surface area contributed by atoms with Crippen molar-refractivity contribution >= 4 is 0 Å². The summed E-state index contributed by atoms with van der Waals surface area (Å²) >= 11 is 0. The third-order valence-electron chi connectivity index (χ3n) is 1.85. The van der Waals surface area contributed by atoms with Crippen molar-refractivity contribution in [3.05, 3.63) is 36.0 Å². The zero-order chi connectivity index (χ0) is 12.5. The maximum absolute atomic E-state index is 12.4. The van der Waals surface area contributed by atoms with E-state index in [2.05, 4.69) is 15.1 Å². The van der Waals surface area contributed by atoms with Crippen molar-refractivity contribution in [3.63, 3.8) is 0 Å². The molecule has 0 atom stereocenters. The van der Waals surface area contributed by atoms with Crippen molar-refractivity contribution < 1.29 is 13.2 Å². The predicted octanol–water partition coefficient (Wildman–Crippen LogP) is 1.55. The Morgan fingerprint density at radius 1 is 1.29 bits per heavy atom. The van der Waals surface area contributed by atoms with Crippen LogP contribution in [-0.2, 0) is 6.18 Å². The molecule has 0 aromatic carbocycles. The van der Waals surface area contributed by atoms with Crippen LogP contribution in [-0.4, -0.2) is 19.7 Å². The maximum atomic E-state index is 12.4. The molecule has 0 saturated carbocycles. The number of nitriles is 1. The van der Waals surface area contributed by atoms with Crippen LogP contribution in [0.4, 0.5) is 13.2 Å². The Balaban J connectivity index is 2.44. The van der Waals surface area contributed by atoms with Gasteiger partial charge >= 0.3 is 6.18 Å². The van der Waals surface area contributed by atoms with E-state index < -0.39 is 11.9 Å². The predicted molar refractivity (Wildman–Crippen MR) is 48.9 cm³/mol. The molecule has 0 amide bonds. The van der Waals surface area contributed by atoms with Gasteiger partial charge < -0.3 is 0 Å². The fourth-order valence-electron chi connectivity index (χ4n) is 1.13. The van der Waals surface area contributed by atoms with Crippen molar-refractivity contribution in [2.45, 2.75) is 6.18 Å². The lowest BCUT2D eigenvalue weighted by atomic mass is 10.3. The van der Waals surface area contributed by atoms with Gasteiger partial charge in [-0.1, -0.05) is 6.07 Å². The van der Waals surface area contributed by atoms with E-state index in [4.69, 9.17) is 5.26 Å². The highest BCUT2D eigenvalue weighted by Gasteiger charge is 2.32. The molecule has 0 saturated heterocycles. The van der Waals surface area contributed by atoms with E-state index in [-0.39, 0.29) is 11.6 Å². The number of hydrogen-bond acceptors (Lipinski definition) is 4. The first kappa shape index (κ1) is 11.1. The molecular weight excluding hydrogens is 235 g/mol. The minimum atomic E-state index is -4.52. The van der Waals surface area contributed by atoms with Crippen molar-refractivity contribution in [2.24, 2.45) is 0 Å². The van der Waals surface area contributed by atoms with Gasteiger partial charge in [0, 0.05) is 0 Å². The maximum Gasteiger partial charge on any atom is 0.433 e. The Labute approximate surface area is 93.2 Å². The molecule has 17 heavy (non-hydrogen) atoms. The minimum absolute atomic E-state index is 0.0474. The van der Waals surface area contributed by atoms with Crippen molar-refractivity contribution in [1.82, 2.24) is 19.7 Å². The quantitative estimate of drug-likeness (QED) is 0.757. The van der Waals surface area contributed by atoms with Crippen molar-refractivity contribution in [3.8, 4) is 11.9 Å². The van der Waals surface area contributed by atoms with Gasteiger partial charge in [-0.05, 0) is 12.1 Å². The summed E-state index contributed by atoms with van der Waals surface area (Å²) in [4.78, 5) is 6.96. The SMILES string of the molecule is N#Cc1ncn(-c2cccc(C(F)(F)F)n2)n1. The molecule has 0 unspecified atom stereocenters. The van der Waals surface area contributed by atoms with Gasteiger partial charge in [0.2, 0.25) is 0 Å². The van der Waals surface area contributed by atoms with Gasteiger partial charge in [0.25, 0.3) is 5.82 Å². The average Bonchev–Trinajstić information content (AvgIpc) is 2.76. The van der Waals surface area contributed by atoms with E-state index in [1.165, 1.54) is 12.1 Å². The van der Waals surface area contributed by atoms with Crippen molar-refractivity contribution in [1.29, 1.82) is 5.26 Å². The van der Waals surface area contributed by atoms with Gasteiger partial charge in [-0.2, -0.15) is 18.4 Å². The second-order valence-electron chi connectivity index (χ2n) is 3.00. The summed E-state index contributed by atoms with van der Waals surface area (Å²) in [6.45, 7) is 0. The lowest BCUT2D eigenvalue weighted by Gasteiger charge is -2.06. The van der Waals surface area contributed by atoms with Gasteiger partial charge in [-0.3, -0.25) is 0 Å². The number of alkyl halides is 3. The third-order valence-corrected chi connectivity index (χ3v) is 1.85. The normalized spacial score (nSPS) is 11.2. The second kappa shape index (κ2) is 3.86. The Hall–Kier alpha value is -2.43. The second-order valence-corrected chi connectivity index (χ2v) is 3.00. The Morgan fingerprint density at radius 2 is 2.06 bits per heavy atom. The van der Waals surface area contributed by atoms with Crippen LogP contribution < -0.4 is 0 Å². The van der Waals surface area contributed by atoms with E-state index in [1.807, 2.05) is 0 Å². The lowest BCUT2D eigenvalue weighted by Crippen LogP contribution is -2.10. The molecule has 0 spiro atoms. The van der Waals surface area contributed by atoms with E-state index >= 15 is 0 Å².